The Bertz CT molecular complexity index is 135. The van der Waals surface area contributed by atoms with Gasteiger partial charge in [0.2, 0.25) is 0 Å². The quantitative estimate of drug-likeness (QED) is 0.331. The van der Waals surface area contributed by atoms with Crippen molar-refractivity contribution in [2.45, 2.75) is 26.7 Å². The molecule has 1 aliphatic rings. The molecule has 14 heavy (non-hydrogen) atoms. The molecule has 0 atom stereocenters. The molecular formula is C11H22KNO. The Labute approximate surface area is 131 Å². The number of ether oxygens (including phenoxy) is 1. The first-order valence-corrected chi connectivity index (χ1v) is 5.31. The average Bonchev–Trinajstić information content (AvgIpc) is 1.99. The summed E-state index contributed by atoms with van der Waals surface area (Å²) in [6.07, 6.45) is 2.49. The first-order valence-electron chi connectivity index (χ1n) is 5.31. The molecule has 0 amide bonds. The van der Waals surface area contributed by atoms with E-state index in [0.29, 0.717) is 0 Å². The van der Waals surface area contributed by atoms with E-state index < -0.39 is 0 Å². The van der Waals surface area contributed by atoms with E-state index in [-0.39, 0.29) is 51.4 Å². The van der Waals surface area contributed by atoms with Gasteiger partial charge in [-0.05, 0) is 31.8 Å². The molecule has 0 bridgehead atoms. The van der Waals surface area contributed by atoms with E-state index in [0.717, 1.165) is 38.1 Å². The molecule has 0 aliphatic carbocycles. The van der Waals surface area contributed by atoms with Gasteiger partial charge in [-0.2, -0.15) is 0 Å². The predicted molar refractivity (Wildman–Crippen MR) is 55.3 cm³/mol. The molecule has 0 aromatic rings. The summed E-state index contributed by atoms with van der Waals surface area (Å²) in [6, 6.07) is 0. The molecule has 0 N–H and O–H groups in total. The number of likely N-dealkylation sites (tertiary alicyclic amines) is 1. The van der Waals surface area contributed by atoms with E-state index in [4.69, 9.17) is 4.74 Å². The van der Waals surface area contributed by atoms with Crippen molar-refractivity contribution >= 4 is 0 Å². The van der Waals surface area contributed by atoms with Gasteiger partial charge in [0, 0.05) is 12.5 Å². The predicted octanol–water partition coefficient (Wildman–Crippen LogP) is -0.833. The van der Waals surface area contributed by atoms with E-state index in [9.17, 15) is 0 Å². The van der Waals surface area contributed by atoms with Crippen LogP contribution in [-0.4, -0.2) is 31.2 Å². The van der Waals surface area contributed by atoms with Crippen molar-refractivity contribution in [1.29, 1.82) is 0 Å². The van der Waals surface area contributed by atoms with Crippen LogP contribution in [0.1, 0.15) is 26.7 Å². The van der Waals surface area contributed by atoms with Crippen LogP contribution in [-0.2, 0) is 4.74 Å². The van der Waals surface area contributed by atoms with Crippen LogP contribution in [0.25, 0.3) is 0 Å². The summed E-state index contributed by atoms with van der Waals surface area (Å²) in [4.78, 5) is 2.09. The normalized spacial score (nSPS) is 18.0. The Kier molecular flexibility index (Phi) is 9.64. The van der Waals surface area contributed by atoms with E-state index >= 15 is 0 Å². The van der Waals surface area contributed by atoms with Gasteiger partial charge in [-0.1, -0.05) is 13.8 Å². The van der Waals surface area contributed by atoms with Crippen molar-refractivity contribution < 1.29 is 56.1 Å². The van der Waals surface area contributed by atoms with Crippen molar-refractivity contribution in [1.82, 2.24) is 4.90 Å². The summed E-state index contributed by atoms with van der Waals surface area (Å²) in [6.45, 7) is 8.61. The fraction of sp³-hybridized carbons (Fsp3) is 0.909. The molecule has 1 heterocycles. The molecule has 1 saturated heterocycles. The fourth-order valence-electron chi connectivity index (χ4n) is 1.63. The maximum atomic E-state index is 5.58. The van der Waals surface area contributed by atoms with Crippen LogP contribution in [0.4, 0.5) is 0 Å². The Morgan fingerprint density at radius 3 is 2.57 bits per heavy atom. The van der Waals surface area contributed by atoms with E-state index in [2.05, 4.69) is 25.8 Å². The summed E-state index contributed by atoms with van der Waals surface area (Å²) in [7, 11) is 3.84. The van der Waals surface area contributed by atoms with E-state index in [1.807, 2.05) is 0 Å². The Morgan fingerprint density at radius 2 is 2.07 bits per heavy atom. The minimum atomic E-state index is 0. The first-order chi connectivity index (χ1) is 6.18. The largest absolute Gasteiger partial charge is 1.00 e. The average molecular weight is 223 g/mol. The van der Waals surface area contributed by atoms with Crippen LogP contribution in [0.3, 0.4) is 0 Å². The van der Waals surface area contributed by atoms with Gasteiger partial charge in [-0.15, -0.1) is 0 Å². The molecule has 3 heteroatoms. The maximum Gasteiger partial charge on any atom is 1.00 e. The number of hydrogen-bond donors (Lipinski definition) is 0. The van der Waals surface area contributed by atoms with Gasteiger partial charge in [0.25, 0.3) is 0 Å². The van der Waals surface area contributed by atoms with Gasteiger partial charge in [0.05, 0.1) is 6.61 Å². The fourth-order valence-corrected chi connectivity index (χ4v) is 1.63. The smallest absolute Gasteiger partial charge is 0.459 e. The Morgan fingerprint density at radius 1 is 1.43 bits per heavy atom. The summed E-state index contributed by atoms with van der Waals surface area (Å²) < 4.78 is 5.58. The molecule has 1 rings (SSSR count). The van der Waals surface area contributed by atoms with Gasteiger partial charge in [-0.25, -0.2) is 0 Å². The van der Waals surface area contributed by atoms with Gasteiger partial charge in [0.1, 0.15) is 0 Å². The molecule has 0 radical (unpaired) electrons. The van der Waals surface area contributed by atoms with Gasteiger partial charge >= 0.3 is 51.4 Å². The van der Waals surface area contributed by atoms with Crippen LogP contribution < -0.4 is 51.4 Å². The summed E-state index contributed by atoms with van der Waals surface area (Å²) >= 11 is 0. The third kappa shape index (κ3) is 6.93. The monoisotopic (exact) mass is 223 g/mol. The van der Waals surface area contributed by atoms with Crippen molar-refractivity contribution in [3.05, 3.63) is 7.05 Å². The standard InChI is InChI=1S/C11H22NO.K/c1-10(2)5-4-6-13-9-11-7-12(3)8-11;/h10-11H,3-9H2,1-2H3;/q-1;+1. The van der Waals surface area contributed by atoms with Crippen molar-refractivity contribution in [3.8, 4) is 0 Å². The van der Waals surface area contributed by atoms with Crippen LogP contribution in [0.15, 0.2) is 0 Å². The molecule has 1 aliphatic heterocycles. The van der Waals surface area contributed by atoms with Crippen molar-refractivity contribution in [3.63, 3.8) is 0 Å². The van der Waals surface area contributed by atoms with E-state index in [1.165, 1.54) is 12.8 Å². The molecule has 1 fully saturated rings. The van der Waals surface area contributed by atoms with Crippen LogP contribution in [0.5, 0.6) is 0 Å². The zero-order valence-corrected chi connectivity index (χ0v) is 13.1. The van der Waals surface area contributed by atoms with Gasteiger partial charge in [-0.3, -0.25) is 7.05 Å². The molecule has 0 saturated carbocycles. The number of nitrogens with zero attached hydrogens (tertiary/aromatic N) is 1. The molecular weight excluding hydrogens is 201 g/mol. The third-order valence-corrected chi connectivity index (χ3v) is 2.46. The molecule has 0 aromatic carbocycles. The second kappa shape index (κ2) is 8.68. The van der Waals surface area contributed by atoms with Gasteiger partial charge in [0.15, 0.2) is 0 Å². The topological polar surface area (TPSA) is 12.5 Å². The van der Waals surface area contributed by atoms with Crippen LogP contribution in [0, 0.1) is 18.9 Å². The third-order valence-electron chi connectivity index (χ3n) is 2.46. The summed E-state index contributed by atoms with van der Waals surface area (Å²) in [5.41, 5.74) is 0. The van der Waals surface area contributed by atoms with Crippen molar-refractivity contribution in [2.75, 3.05) is 26.3 Å². The minimum Gasteiger partial charge on any atom is -0.459 e. The Hall–Kier alpha value is 1.56. The number of rotatable bonds is 6. The second-order valence-corrected chi connectivity index (χ2v) is 4.51. The summed E-state index contributed by atoms with van der Waals surface area (Å²) in [5.74, 6) is 1.55. The second-order valence-electron chi connectivity index (χ2n) is 4.51. The zero-order valence-electron chi connectivity index (χ0n) is 9.96. The van der Waals surface area contributed by atoms with Crippen LogP contribution >= 0.6 is 0 Å². The zero-order chi connectivity index (χ0) is 9.68. The Balaban J connectivity index is 0.00000169. The minimum absolute atomic E-state index is 0. The maximum absolute atomic E-state index is 5.58. The molecule has 0 unspecified atom stereocenters. The van der Waals surface area contributed by atoms with Crippen LogP contribution in [0.2, 0.25) is 0 Å². The first kappa shape index (κ1) is 15.6. The van der Waals surface area contributed by atoms with Crippen molar-refractivity contribution in [2.24, 2.45) is 11.8 Å². The molecule has 78 valence electrons. The summed E-state index contributed by atoms with van der Waals surface area (Å²) in [5, 5.41) is 0. The van der Waals surface area contributed by atoms with E-state index in [1.54, 1.807) is 0 Å². The molecule has 2 nitrogen and oxygen atoms in total. The SMILES string of the molecule is [CH2-]N1CC(COCCCC(C)C)C1.[K+]. The molecule has 0 spiro atoms. The molecule has 0 aromatic heterocycles. The van der Waals surface area contributed by atoms with Gasteiger partial charge < -0.3 is 9.64 Å². The number of hydrogen-bond acceptors (Lipinski definition) is 2.